The van der Waals surface area contributed by atoms with Gasteiger partial charge in [0, 0.05) is 10.5 Å². The monoisotopic (exact) mass is 197 g/mol. The van der Waals surface area contributed by atoms with Gasteiger partial charge >= 0.3 is 0 Å². The van der Waals surface area contributed by atoms with Gasteiger partial charge in [0.1, 0.15) is 0 Å². The molecule has 0 fully saturated rings. The van der Waals surface area contributed by atoms with Crippen LogP contribution in [0.3, 0.4) is 0 Å². The first kappa shape index (κ1) is 10.5. The molecule has 0 aromatic heterocycles. The van der Waals surface area contributed by atoms with E-state index >= 15 is 0 Å². The summed E-state index contributed by atoms with van der Waals surface area (Å²) >= 11 is 0. The van der Waals surface area contributed by atoms with Crippen molar-refractivity contribution in [3.05, 3.63) is 30.3 Å². The third-order valence-corrected chi connectivity index (χ3v) is 5.19. The fourth-order valence-electron chi connectivity index (χ4n) is 1.04. The molecule has 0 aliphatic rings. The first-order valence-electron chi connectivity index (χ1n) is 4.30. The van der Waals surface area contributed by atoms with Gasteiger partial charge in [-0.3, -0.25) is 5.50 Å². The summed E-state index contributed by atoms with van der Waals surface area (Å²) in [5, 5.41) is 0.386. The summed E-state index contributed by atoms with van der Waals surface area (Å²) in [4.78, 5) is 0. The van der Waals surface area contributed by atoms with E-state index in [0.717, 1.165) is 5.30 Å². The van der Waals surface area contributed by atoms with Gasteiger partial charge < -0.3 is 4.57 Å². The van der Waals surface area contributed by atoms with Crippen molar-refractivity contribution < 1.29 is 4.57 Å². The molecule has 2 nitrogen and oxygen atoms in total. The highest BCUT2D eigenvalue weighted by Gasteiger charge is 2.33. The molecule has 0 saturated heterocycles. The number of hydrogen-bond donors (Lipinski definition) is 1. The smallest absolute Gasteiger partial charge is 0.178 e. The highest BCUT2D eigenvalue weighted by molar-refractivity contribution is 7.70. The molecule has 0 saturated carbocycles. The van der Waals surface area contributed by atoms with Gasteiger partial charge in [-0.2, -0.15) is 0 Å². The second-order valence-corrected chi connectivity index (χ2v) is 7.34. The highest BCUT2D eigenvalue weighted by atomic mass is 31.2. The first-order valence-corrected chi connectivity index (χ1v) is 6.07. The third-order valence-electron chi connectivity index (χ3n) is 2.14. The van der Waals surface area contributed by atoms with E-state index in [-0.39, 0.29) is 5.16 Å². The summed E-state index contributed by atoms with van der Waals surface area (Å²) in [6, 6.07) is 9.27. The number of benzene rings is 1. The summed E-state index contributed by atoms with van der Waals surface area (Å²) in [6.45, 7) is 5.71. The summed E-state index contributed by atoms with van der Waals surface area (Å²) in [5.74, 6) is 0. The Morgan fingerprint density at radius 2 is 1.62 bits per heavy atom. The summed E-state index contributed by atoms with van der Waals surface area (Å²) in [5.41, 5.74) is 5.87. The molecule has 1 rings (SSSR count). The third kappa shape index (κ3) is 2.01. The second kappa shape index (κ2) is 3.28. The number of rotatable bonds is 1. The quantitative estimate of drug-likeness (QED) is 0.702. The zero-order chi connectivity index (χ0) is 10.1. The molecular weight excluding hydrogens is 181 g/mol. The molecule has 0 heterocycles. The normalized spacial score (nSPS) is 16.6. The van der Waals surface area contributed by atoms with Crippen LogP contribution in [0, 0.1) is 0 Å². The van der Waals surface area contributed by atoms with E-state index in [1.165, 1.54) is 0 Å². The Kier molecular flexibility index (Phi) is 2.65. The lowest BCUT2D eigenvalue weighted by molar-refractivity contribution is 0.557. The van der Waals surface area contributed by atoms with Gasteiger partial charge in [-0.1, -0.05) is 51.1 Å². The molecule has 2 N–H and O–H groups in total. The zero-order valence-corrected chi connectivity index (χ0v) is 9.21. The molecule has 0 radical (unpaired) electrons. The zero-order valence-electron chi connectivity index (χ0n) is 8.32. The standard InChI is InChI=1S/C10H16NOP/c1-10(2,3)13(11,12)9-7-5-4-6-8-9/h4-8H,1-3H3,(H2,11,12)/t13-/m0/s1. The lowest BCUT2D eigenvalue weighted by atomic mass is 10.3. The van der Waals surface area contributed by atoms with Crippen LogP contribution < -0.4 is 10.8 Å². The van der Waals surface area contributed by atoms with Crippen molar-refractivity contribution >= 4 is 12.6 Å². The van der Waals surface area contributed by atoms with Crippen LogP contribution in [0.5, 0.6) is 0 Å². The van der Waals surface area contributed by atoms with Crippen LogP contribution in [0.2, 0.25) is 0 Å². The van der Waals surface area contributed by atoms with E-state index in [0.29, 0.717) is 0 Å². The van der Waals surface area contributed by atoms with Gasteiger partial charge in [0.15, 0.2) is 7.29 Å². The largest absolute Gasteiger partial charge is 0.301 e. The summed E-state index contributed by atoms with van der Waals surface area (Å²) in [6.07, 6.45) is 0. The molecule has 3 heteroatoms. The predicted octanol–water partition coefficient (Wildman–Crippen LogP) is 2.35. The maximum Gasteiger partial charge on any atom is 0.178 e. The number of hydrogen-bond acceptors (Lipinski definition) is 1. The van der Waals surface area contributed by atoms with Gasteiger partial charge in [-0.05, 0) is 0 Å². The second-order valence-electron chi connectivity index (χ2n) is 4.16. The Morgan fingerprint density at radius 3 is 2.00 bits per heavy atom. The molecule has 72 valence electrons. The maximum atomic E-state index is 12.2. The minimum Gasteiger partial charge on any atom is -0.301 e. The van der Waals surface area contributed by atoms with E-state index in [2.05, 4.69) is 0 Å². The molecule has 0 unspecified atom stereocenters. The Labute approximate surface area is 79.6 Å². The summed E-state index contributed by atoms with van der Waals surface area (Å²) in [7, 11) is -2.73. The lowest BCUT2D eigenvalue weighted by Crippen LogP contribution is -2.28. The van der Waals surface area contributed by atoms with Crippen LogP contribution in [-0.4, -0.2) is 5.16 Å². The average molecular weight is 197 g/mol. The predicted molar refractivity (Wildman–Crippen MR) is 57.6 cm³/mol. The molecule has 1 aromatic carbocycles. The minimum absolute atomic E-state index is 0.367. The fourth-order valence-corrected chi connectivity index (χ4v) is 2.43. The minimum atomic E-state index is -2.73. The van der Waals surface area contributed by atoms with Gasteiger partial charge in [0.25, 0.3) is 0 Å². The van der Waals surface area contributed by atoms with Crippen LogP contribution in [-0.2, 0) is 4.57 Å². The van der Waals surface area contributed by atoms with Crippen molar-refractivity contribution in [2.75, 3.05) is 0 Å². The van der Waals surface area contributed by atoms with Gasteiger partial charge in [0.2, 0.25) is 0 Å². The average Bonchev–Trinajstić information content (AvgIpc) is 2.04. The molecule has 0 amide bonds. The van der Waals surface area contributed by atoms with E-state index in [4.69, 9.17) is 5.50 Å². The van der Waals surface area contributed by atoms with E-state index in [1.54, 1.807) is 0 Å². The highest BCUT2D eigenvalue weighted by Crippen LogP contribution is 2.49. The van der Waals surface area contributed by atoms with Crippen molar-refractivity contribution in [1.29, 1.82) is 0 Å². The Bertz CT molecular complexity index is 327. The Morgan fingerprint density at radius 1 is 1.15 bits per heavy atom. The van der Waals surface area contributed by atoms with Crippen LogP contribution in [0.1, 0.15) is 20.8 Å². The van der Waals surface area contributed by atoms with Crippen LogP contribution in [0.15, 0.2) is 30.3 Å². The van der Waals surface area contributed by atoms with Gasteiger partial charge in [0.05, 0.1) is 0 Å². The molecule has 0 spiro atoms. The Hall–Kier alpha value is -0.590. The first-order chi connectivity index (χ1) is 5.86. The topological polar surface area (TPSA) is 43.1 Å². The van der Waals surface area contributed by atoms with Crippen LogP contribution in [0.25, 0.3) is 0 Å². The van der Waals surface area contributed by atoms with Gasteiger partial charge in [-0.15, -0.1) is 0 Å². The van der Waals surface area contributed by atoms with Crippen molar-refractivity contribution in [2.45, 2.75) is 25.9 Å². The molecule has 0 bridgehead atoms. The van der Waals surface area contributed by atoms with Crippen molar-refractivity contribution in [3.8, 4) is 0 Å². The van der Waals surface area contributed by atoms with Gasteiger partial charge in [-0.25, -0.2) is 0 Å². The SMILES string of the molecule is CC(C)(C)[P@@](N)(=O)c1ccccc1. The molecule has 1 aromatic rings. The number of nitrogens with two attached hydrogens (primary N) is 1. The van der Waals surface area contributed by atoms with E-state index in [1.807, 2.05) is 51.1 Å². The lowest BCUT2D eigenvalue weighted by Gasteiger charge is -2.27. The fraction of sp³-hybridized carbons (Fsp3) is 0.400. The van der Waals surface area contributed by atoms with E-state index in [9.17, 15) is 4.57 Å². The molecular formula is C10H16NOP. The van der Waals surface area contributed by atoms with Crippen LogP contribution >= 0.6 is 7.29 Å². The van der Waals surface area contributed by atoms with Crippen molar-refractivity contribution in [1.82, 2.24) is 0 Å². The molecule has 0 aliphatic carbocycles. The molecule has 1 atom stereocenters. The van der Waals surface area contributed by atoms with E-state index < -0.39 is 7.29 Å². The van der Waals surface area contributed by atoms with Crippen molar-refractivity contribution in [3.63, 3.8) is 0 Å². The molecule has 13 heavy (non-hydrogen) atoms. The maximum absolute atomic E-state index is 12.2. The van der Waals surface area contributed by atoms with Crippen LogP contribution in [0.4, 0.5) is 0 Å². The summed E-state index contributed by atoms with van der Waals surface area (Å²) < 4.78 is 12.2. The molecule has 0 aliphatic heterocycles. The van der Waals surface area contributed by atoms with Crippen molar-refractivity contribution in [2.24, 2.45) is 5.50 Å². The Balaban J connectivity index is 3.17.